The number of rotatable bonds is 7. The van der Waals surface area contributed by atoms with E-state index in [9.17, 15) is 14.0 Å². The van der Waals surface area contributed by atoms with Gasteiger partial charge in [-0.1, -0.05) is 23.9 Å². The van der Waals surface area contributed by atoms with Crippen molar-refractivity contribution in [3.63, 3.8) is 0 Å². The molecule has 9 heteroatoms. The van der Waals surface area contributed by atoms with Crippen LogP contribution in [-0.4, -0.2) is 22.5 Å². The van der Waals surface area contributed by atoms with Crippen molar-refractivity contribution < 1.29 is 13.9 Å². The number of H-pyrrole nitrogens is 1. The van der Waals surface area contributed by atoms with Gasteiger partial charge in [0.05, 0.1) is 6.61 Å². The summed E-state index contributed by atoms with van der Waals surface area (Å²) in [6.07, 6.45) is 0. The molecule has 0 aliphatic heterocycles. The van der Waals surface area contributed by atoms with Crippen molar-refractivity contribution in [1.82, 2.24) is 9.97 Å². The zero-order chi connectivity index (χ0) is 20.8. The van der Waals surface area contributed by atoms with Crippen LogP contribution in [0.5, 0.6) is 5.75 Å². The van der Waals surface area contributed by atoms with Crippen molar-refractivity contribution in [2.45, 2.75) is 17.8 Å². The molecule has 1 amide bonds. The first-order valence-electron chi connectivity index (χ1n) is 8.77. The lowest BCUT2D eigenvalue weighted by Crippen LogP contribution is -2.23. The predicted octanol–water partition coefficient (Wildman–Crippen LogP) is 3.43. The van der Waals surface area contributed by atoms with Gasteiger partial charge in [-0.05, 0) is 48.9 Å². The topological polar surface area (TPSA) is 110 Å². The van der Waals surface area contributed by atoms with Crippen LogP contribution in [0, 0.1) is 5.82 Å². The maximum absolute atomic E-state index is 13.0. The van der Waals surface area contributed by atoms with Gasteiger partial charge in [0, 0.05) is 11.3 Å². The number of nitrogen functional groups attached to an aromatic ring is 1. The van der Waals surface area contributed by atoms with Crippen molar-refractivity contribution in [3.8, 4) is 5.75 Å². The third kappa shape index (κ3) is 5.35. The lowest BCUT2D eigenvalue weighted by atomic mass is 10.2. The van der Waals surface area contributed by atoms with Crippen LogP contribution in [-0.2, 0) is 5.75 Å². The van der Waals surface area contributed by atoms with Crippen LogP contribution in [0.1, 0.15) is 22.8 Å². The fraction of sp³-hybridized carbons (Fsp3) is 0.150. The number of halogens is 1. The SMILES string of the molecule is CCOc1ccc(C(=O)Nc2c(N)nc(SCc3ccc(F)cc3)[nH]c2=O)cc1. The number of aromatic amines is 1. The Morgan fingerprint density at radius 3 is 2.52 bits per heavy atom. The molecule has 0 saturated carbocycles. The Bertz CT molecular complexity index is 1050. The van der Waals surface area contributed by atoms with E-state index in [4.69, 9.17) is 10.5 Å². The third-order valence-corrected chi connectivity index (χ3v) is 4.82. The molecule has 0 spiro atoms. The van der Waals surface area contributed by atoms with Crippen LogP contribution in [0.3, 0.4) is 0 Å². The molecule has 4 N–H and O–H groups in total. The first-order valence-corrected chi connectivity index (χ1v) is 9.76. The molecule has 0 aliphatic rings. The molecule has 3 aromatic rings. The van der Waals surface area contributed by atoms with Crippen LogP contribution in [0.2, 0.25) is 0 Å². The van der Waals surface area contributed by atoms with Gasteiger partial charge in [-0.15, -0.1) is 0 Å². The lowest BCUT2D eigenvalue weighted by molar-refractivity contribution is 0.102. The summed E-state index contributed by atoms with van der Waals surface area (Å²) in [5.41, 5.74) is 6.41. The number of ether oxygens (including phenoxy) is 1. The highest BCUT2D eigenvalue weighted by molar-refractivity contribution is 7.98. The number of hydrogen-bond donors (Lipinski definition) is 3. The van der Waals surface area contributed by atoms with Gasteiger partial charge >= 0.3 is 0 Å². The Morgan fingerprint density at radius 1 is 1.21 bits per heavy atom. The van der Waals surface area contributed by atoms with Gasteiger partial charge in [-0.3, -0.25) is 14.6 Å². The molecular weight excluding hydrogens is 395 g/mol. The van der Waals surface area contributed by atoms with E-state index in [0.717, 1.165) is 5.56 Å². The summed E-state index contributed by atoms with van der Waals surface area (Å²) in [6.45, 7) is 2.39. The molecule has 0 saturated heterocycles. The Labute approximate surface area is 170 Å². The Balaban J connectivity index is 1.69. The highest BCUT2D eigenvalue weighted by atomic mass is 32.2. The van der Waals surface area contributed by atoms with E-state index < -0.39 is 11.5 Å². The maximum Gasteiger partial charge on any atom is 0.277 e. The van der Waals surface area contributed by atoms with Crippen molar-refractivity contribution in [3.05, 3.63) is 75.8 Å². The van der Waals surface area contributed by atoms with Crippen LogP contribution in [0.4, 0.5) is 15.9 Å². The van der Waals surface area contributed by atoms with Crippen molar-refractivity contribution in [2.24, 2.45) is 0 Å². The number of nitrogens with one attached hydrogen (secondary N) is 2. The van der Waals surface area contributed by atoms with Crippen LogP contribution >= 0.6 is 11.8 Å². The Kier molecular flexibility index (Phi) is 6.50. The molecule has 0 unspecified atom stereocenters. The van der Waals surface area contributed by atoms with Gasteiger partial charge in [-0.2, -0.15) is 0 Å². The molecule has 0 bridgehead atoms. The van der Waals surface area contributed by atoms with Crippen molar-refractivity contribution >= 4 is 29.2 Å². The van der Waals surface area contributed by atoms with Gasteiger partial charge < -0.3 is 15.8 Å². The molecule has 0 aliphatic carbocycles. The van der Waals surface area contributed by atoms with Gasteiger partial charge in [-0.25, -0.2) is 9.37 Å². The number of benzene rings is 2. The molecule has 1 aromatic heterocycles. The number of carbonyl (C=O) groups is 1. The van der Waals surface area contributed by atoms with E-state index >= 15 is 0 Å². The van der Waals surface area contributed by atoms with Gasteiger partial charge in [0.1, 0.15) is 17.3 Å². The molecule has 0 fully saturated rings. The predicted molar refractivity (Wildman–Crippen MR) is 111 cm³/mol. The second-order valence-corrected chi connectivity index (χ2v) is 6.92. The maximum atomic E-state index is 13.0. The monoisotopic (exact) mass is 414 g/mol. The number of anilines is 2. The van der Waals surface area contributed by atoms with Gasteiger partial charge in [0.15, 0.2) is 11.0 Å². The summed E-state index contributed by atoms with van der Waals surface area (Å²) in [6, 6.07) is 12.5. The Hall–Kier alpha value is -3.33. The van der Waals surface area contributed by atoms with E-state index in [1.54, 1.807) is 36.4 Å². The summed E-state index contributed by atoms with van der Waals surface area (Å²) in [4.78, 5) is 31.5. The first-order chi connectivity index (χ1) is 14.0. The van der Waals surface area contributed by atoms with E-state index in [0.29, 0.717) is 28.8 Å². The highest BCUT2D eigenvalue weighted by Crippen LogP contribution is 2.21. The number of carbonyl (C=O) groups excluding carboxylic acids is 1. The molecule has 0 atom stereocenters. The normalized spacial score (nSPS) is 10.6. The molecule has 150 valence electrons. The summed E-state index contributed by atoms with van der Waals surface area (Å²) in [5.74, 6) is 0.224. The largest absolute Gasteiger partial charge is 0.494 e. The molecular formula is C20H19FN4O3S. The molecule has 2 aromatic carbocycles. The van der Waals surface area contributed by atoms with Crippen molar-refractivity contribution in [1.29, 1.82) is 0 Å². The van der Waals surface area contributed by atoms with E-state index in [1.807, 2.05) is 6.92 Å². The summed E-state index contributed by atoms with van der Waals surface area (Å²) < 4.78 is 18.3. The molecule has 3 rings (SSSR count). The average molecular weight is 414 g/mol. The van der Waals surface area contributed by atoms with E-state index in [-0.39, 0.29) is 17.3 Å². The zero-order valence-corrected chi connectivity index (χ0v) is 16.4. The third-order valence-electron chi connectivity index (χ3n) is 3.88. The lowest BCUT2D eigenvalue weighted by Gasteiger charge is -2.09. The second kappa shape index (κ2) is 9.24. The Morgan fingerprint density at radius 2 is 1.90 bits per heavy atom. The van der Waals surface area contributed by atoms with E-state index in [1.165, 1.54) is 23.9 Å². The minimum atomic E-state index is -0.557. The number of nitrogens with two attached hydrogens (primary N) is 1. The zero-order valence-electron chi connectivity index (χ0n) is 15.6. The molecule has 0 radical (unpaired) electrons. The number of aromatic nitrogens is 2. The second-order valence-electron chi connectivity index (χ2n) is 5.96. The fourth-order valence-electron chi connectivity index (χ4n) is 2.45. The number of nitrogens with zero attached hydrogens (tertiary/aromatic N) is 1. The standard InChI is InChI=1S/C20H19FN4O3S/c1-2-28-15-9-5-13(6-10-15)18(26)23-16-17(22)24-20(25-19(16)27)29-11-12-3-7-14(21)8-4-12/h3-10H,2,11H2,1H3,(H,23,26)(H3,22,24,25,27). The minimum Gasteiger partial charge on any atom is -0.494 e. The highest BCUT2D eigenvalue weighted by Gasteiger charge is 2.14. The van der Waals surface area contributed by atoms with Crippen molar-refractivity contribution in [2.75, 3.05) is 17.7 Å². The minimum absolute atomic E-state index is 0.0883. The average Bonchev–Trinajstić information content (AvgIpc) is 2.71. The first kappa shape index (κ1) is 20.4. The molecule has 1 heterocycles. The smallest absolute Gasteiger partial charge is 0.277 e. The summed E-state index contributed by atoms with van der Waals surface area (Å²) in [5, 5.41) is 2.79. The van der Waals surface area contributed by atoms with Crippen LogP contribution in [0.15, 0.2) is 58.5 Å². The number of amides is 1. The van der Waals surface area contributed by atoms with Gasteiger partial charge in [0.25, 0.3) is 11.5 Å². The molecule has 7 nitrogen and oxygen atoms in total. The number of thioether (sulfide) groups is 1. The van der Waals surface area contributed by atoms with Crippen LogP contribution in [0.25, 0.3) is 0 Å². The molecule has 29 heavy (non-hydrogen) atoms. The summed E-state index contributed by atoms with van der Waals surface area (Å²) in [7, 11) is 0. The van der Waals surface area contributed by atoms with Crippen LogP contribution < -0.4 is 21.3 Å². The quantitative estimate of drug-likeness (QED) is 0.404. The van der Waals surface area contributed by atoms with Gasteiger partial charge in [0.2, 0.25) is 0 Å². The fourth-order valence-corrected chi connectivity index (χ4v) is 3.27. The summed E-state index contributed by atoms with van der Waals surface area (Å²) >= 11 is 1.24. The number of hydrogen-bond acceptors (Lipinski definition) is 6. The van der Waals surface area contributed by atoms with E-state index in [2.05, 4.69) is 15.3 Å².